The van der Waals surface area contributed by atoms with E-state index in [1.807, 2.05) is 18.2 Å². The van der Waals surface area contributed by atoms with Gasteiger partial charge in [-0.25, -0.2) is 0 Å². The molecular formula is C10H11BrO2. The minimum atomic E-state index is 0.769. The maximum atomic E-state index is 5.57. The molecule has 1 aromatic rings. The van der Waals surface area contributed by atoms with Gasteiger partial charge in [-0.2, -0.15) is 0 Å². The predicted molar refractivity (Wildman–Crippen MR) is 54.4 cm³/mol. The van der Waals surface area contributed by atoms with Gasteiger partial charge in [-0.05, 0) is 40.9 Å². The Kier molecular flexibility index (Phi) is 2.74. The summed E-state index contributed by atoms with van der Waals surface area (Å²) in [6, 6.07) is 5.83. The van der Waals surface area contributed by atoms with Gasteiger partial charge in [0, 0.05) is 6.07 Å². The van der Waals surface area contributed by atoms with E-state index in [9.17, 15) is 0 Å². The summed E-state index contributed by atoms with van der Waals surface area (Å²) in [6.07, 6.45) is 2.10. The first-order valence-corrected chi connectivity index (χ1v) is 5.21. The minimum absolute atomic E-state index is 0.769. The van der Waals surface area contributed by atoms with Crippen molar-refractivity contribution >= 4 is 15.9 Å². The van der Waals surface area contributed by atoms with E-state index in [1.54, 1.807) is 0 Å². The third kappa shape index (κ3) is 2.15. The molecule has 0 radical (unpaired) electrons. The van der Waals surface area contributed by atoms with Crippen molar-refractivity contribution in [3.8, 4) is 11.5 Å². The zero-order chi connectivity index (χ0) is 9.10. The first-order valence-electron chi connectivity index (χ1n) is 4.41. The summed E-state index contributed by atoms with van der Waals surface area (Å²) in [5, 5.41) is 0. The van der Waals surface area contributed by atoms with E-state index in [1.165, 1.54) is 0 Å². The van der Waals surface area contributed by atoms with Crippen LogP contribution in [0.3, 0.4) is 0 Å². The Hall–Kier alpha value is -0.700. The van der Waals surface area contributed by atoms with Crippen molar-refractivity contribution in [3.63, 3.8) is 0 Å². The monoisotopic (exact) mass is 242 g/mol. The summed E-state index contributed by atoms with van der Waals surface area (Å²) in [6.45, 7) is 1.55. The first-order chi connectivity index (χ1) is 6.36. The van der Waals surface area contributed by atoms with Crippen molar-refractivity contribution < 1.29 is 9.47 Å². The molecule has 0 aromatic heterocycles. The molecule has 2 bridgehead atoms. The van der Waals surface area contributed by atoms with Gasteiger partial charge < -0.3 is 9.47 Å². The third-order valence-electron chi connectivity index (χ3n) is 1.97. The van der Waals surface area contributed by atoms with Crippen LogP contribution < -0.4 is 9.47 Å². The smallest absolute Gasteiger partial charge is 0.137 e. The van der Waals surface area contributed by atoms with Crippen LogP contribution in [0.15, 0.2) is 22.7 Å². The predicted octanol–water partition coefficient (Wildman–Crippen LogP) is 3.00. The topological polar surface area (TPSA) is 18.5 Å². The van der Waals surface area contributed by atoms with Crippen LogP contribution in [0.5, 0.6) is 11.5 Å². The van der Waals surface area contributed by atoms with Crippen LogP contribution in [0.1, 0.15) is 12.8 Å². The van der Waals surface area contributed by atoms with Crippen LogP contribution in [-0.2, 0) is 0 Å². The van der Waals surface area contributed by atoms with Crippen LogP contribution in [-0.4, -0.2) is 13.2 Å². The lowest BCUT2D eigenvalue weighted by atomic mass is 10.3. The van der Waals surface area contributed by atoms with E-state index in [4.69, 9.17) is 9.47 Å². The summed E-state index contributed by atoms with van der Waals surface area (Å²) in [7, 11) is 0. The molecule has 0 amide bonds. The average Bonchev–Trinajstić information content (AvgIpc) is 2.23. The summed E-state index contributed by atoms with van der Waals surface area (Å²) in [5.41, 5.74) is 0. The maximum absolute atomic E-state index is 5.57. The van der Waals surface area contributed by atoms with Gasteiger partial charge in [0.05, 0.1) is 17.7 Å². The Bertz CT molecular complexity index is 299. The molecule has 0 spiro atoms. The van der Waals surface area contributed by atoms with Crippen LogP contribution >= 0.6 is 15.9 Å². The molecule has 2 rings (SSSR count). The highest BCUT2D eigenvalue weighted by Crippen LogP contribution is 2.30. The fourth-order valence-electron chi connectivity index (χ4n) is 1.26. The van der Waals surface area contributed by atoms with E-state index in [0.717, 1.165) is 42.0 Å². The van der Waals surface area contributed by atoms with Gasteiger partial charge in [0.25, 0.3) is 0 Å². The number of hydrogen-bond donors (Lipinski definition) is 0. The van der Waals surface area contributed by atoms with Gasteiger partial charge in [-0.3, -0.25) is 0 Å². The molecule has 0 aliphatic carbocycles. The molecule has 70 valence electrons. The van der Waals surface area contributed by atoms with E-state index >= 15 is 0 Å². The molecule has 3 heteroatoms. The van der Waals surface area contributed by atoms with Crippen molar-refractivity contribution in [2.45, 2.75) is 12.8 Å². The number of hydrogen-bond acceptors (Lipinski definition) is 2. The highest BCUT2D eigenvalue weighted by Gasteiger charge is 2.06. The molecule has 0 atom stereocenters. The first kappa shape index (κ1) is 8.88. The number of ether oxygens (including phenoxy) is 2. The van der Waals surface area contributed by atoms with Gasteiger partial charge in [0.1, 0.15) is 11.5 Å². The van der Waals surface area contributed by atoms with Crippen LogP contribution in [0.4, 0.5) is 0 Å². The number of fused-ring (bicyclic) bond motifs is 2. The van der Waals surface area contributed by atoms with Crippen molar-refractivity contribution in [2.24, 2.45) is 0 Å². The zero-order valence-corrected chi connectivity index (χ0v) is 8.84. The lowest BCUT2D eigenvalue weighted by Gasteiger charge is -2.06. The third-order valence-corrected chi connectivity index (χ3v) is 2.62. The Morgan fingerprint density at radius 2 is 1.85 bits per heavy atom. The molecule has 1 aliphatic rings. The zero-order valence-electron chi connectivity index (χ0n) is 7.25. The summed E-state index contributed by atoms with van der Waals surface area (Å²) in [5.74, 6) is 1.76. The van der Waals surface area contributed by atoms with Crippen LogP contribution in [0, 0.1) is 0 Å². The highest BCUT2D eigenvalue weighted by molar-refractivity contribution is 9.10. The number of halogens is 1. The lowest BCUT2D eigenvalue weighted by Crippen LogP contribution is -1.99. The molecule has 1 aliphatic heterocycles. The second-order valence-electron chi connectivity index (χ2n) is 3.00. The number of rotatable bonds is 0. The largest absolute Gasteiger partial charge is 0.493 e. The van der Waals surface area contributed by atoms with Crippen molar-refractivity contribution in [3.05, 3.63) is 22.7 Å². The summed E-state index contributed by atoms with van der Waals surface area (Å²) < 4.78 is 12.1. The Morgan fingerprint density at radius 3 is 2.69 bits per heavy atom. The maximum Gasteiger partial charge on any atom is 0.137 e. The lowest BCUT2D eigenvalue weighted by molar-refractivity contribution is 0.280. The van der Waals surface area contributed by atoms with Crippen LogP contribution in [0.2, 0.25) is 0 Å². The normalized spacial score (nSPS) is 16.1. The van der Waals surface area contributed by atoms with Gasteiger partial charge in [-0.1, -0.05) is 0 Å². The Morgan fingerprint density at radius 1 is 1.08 bits per heavy atom. The van der Waals surface area contributed by atoms with E-state index in [0.29, 0.717) is 0 Å². The van der Waals surface area contributed by atoms with Gasteiger partial charge in [0.15, 0.2) is 0 Å². The quantitative estimate of drug-likeness (QED) is 0.697. The molecular weight excluding hydrogens is 232 g/mol. The molecule has 2 nitrogen and oxygen atoms in total. The molecule has 0 unspecified atom stereocenters. The Balaban J connectivity index is 2.28. The average molecular weight is 243 g/mol. The van der Waals surface area contributed by atoms with Crippen molar-refractivity contribution in [1.82, 2.24) is 0 Å². The van der Waals surface area contributed by atoms with Crippen LogP contribution in [0.25, 0.3) is 0 Å². The van der Waals surface area contributed by atoms with Crippen molar-refractivity contribution in [2.75, 3.05) is 13.2 Å². The molecule has 0 N–H and O–H groups in total. The summed E-state index contributed by atoms with van der Waals surface area (Å²) >= 11 is 3.43. The standard InChI is InChI=1S/C10H11BrO2/c11-9-4-3-8-7-10(9)13-6-2-1-5-12-8/h3-4,7H,1-2,5-6H2. The number of benzene rings is 1. The van der Waals surface area contributed by atoms with Gasteiger partial charge >= 0.3 is 0 Å². The second-order valence-corrected chi connectivity index (χ2v) is 3.85. The van der Waals surface area contributed by atoms with E-state index in [2.05, 4.69) is 15.9 Å². The van der Waals surface area contributed by atoms with E-state index < -0.39 is 0 Å². The van der Waals surface area contributed by atoms with E-state index in [-0.39, 0.29) is 0 Å². The fraction of sp³-hybridized carbons (Fsp3) is 0.400. The molecule has 1 aromatic carbocycles. The molecule has 13 heavy (non-hydrogen) atoms. The van der Waals surface area contributed by atoms with Gasteiger partial charge in [0.2, 0.25) is 0 Å². The molecule has 0 saturated carbocycles. The van der Waals surface area contributed by atoms with Crippen molar-refractivity contribution in [1.29, 1.82) is 0 Å². The second kappa shape index (κ2) is 4.01. The summed E-state index contributed by atoms with van der Waals surface area (Å²) in [4.78, 5) is 0. The van der Waals surface area contributed by atoms with Gasteiger partial charge in [-0.15, -0.1) is 0 Å². The SMILES string of the molecule is Brc1ccc2cc1OCCCCO2. The fourth-order valence-corrected chi connectivity index (χ4v) is 1.62. The molecule has 0 fully saturated rings. The minimum Gasteiger partial charge on any atom is -0.493 e. The Labute approximate surface area is 86.0 Å². The highest BCUT2D eigenvalue weighted by atomic mass is 79.9. The molecule has 0 saturated heterocycles. The molecule has 1 heterocycles.